The van der Waals surface area contributed by atoms with Crippen molar-refractivity contribution in [3.63, 3.8) is 0 Å². The summed E-state index contributed by atoms with van der Waals surface area (Å²) in [5.74, 6) is 0.365. The fourth-order valence-electron chi connectivity index (χ4n) is 4.01. The zero-order chi connectivity index (χ0) is 24.6. The molecule has 3 aromatic carbocycles. The number of hydrogen-bond donors (Lipinski definition) is 3. The zero-order valence-electron chi connectivity index (χ0n) is 19.7. The Bertz CT molecular complexity index is 1490. The summed E-state index contributed by atoms with van der Waals surface area (Å²) in [6, 6.07) is 22.2. The van der Waals surface area contributed by atoms with Crippen molar-refractivity contribution in [3.8, 4) is 5.88 Å². The van der Waals surface area contributed by atoms with E-state index in [2.05, 4.69) is 9.71 Å². The number of rotatable bonds is 8. The van der Waals surface area contributed by atoms with E-state index in [1.807, 2.05) is 73.6 Å². The van der Waals surface area contributed by atoms with Gasteiger partial charge in [0.1, 0.15) is 0 Å². The van der Waals surface area contributed by atoms with Crippen LogP contribution in [0.2, 0.25) is 0 Å². The minimum atomic E-state index is -3.67. The molecule has 1 aliphatic rings. The summed E-state index contributed by atoms with van der Waals surface area (Å²) in [6.07, 6.45) is 2.12. The number of aromatic amines is 1. The van der Waals surface area contributed by atoms with Crippen LogP contribution >= 0.6 is 0 Å². The summed E-state index contributed by atoms with van der Waals surface area (Å²) >= 11 is 0. The number of aromatic hydroxyl groups is 1. The van der Waals surface area contributed by atoms with Gasteiger partial charge in [-0.25, -0.2) is 18.1 Å². The van der Waals surface area contributed by atoms with E-state index < -0.39 is 10.0 Å². The lowest BCUT2D eigenvalue weighted by Gasteiger charge is -2.12. The lowest BCUT2D eigenvalue weighted by atomic mass is 10.0. The second kappa shape index (κ2) is 9.20. The van der Waals surface area contributed by atoms with E-state index in [4.69, 9.17) is 4.99 Å². The van der Waals surface area contributed by atoms with Crippen LogP contribution < -0.4 is 9.62 Å². The molecule has 0 radical (unpaired) electrons. The average Bonchev–Trinajstić information content (AvgIpc) is 3.63. The molecule has 1 aliphatic carbocycles. The molecule has 3 N–H and O–H groups in total. The smallest absolute Gasteiger partial charge is 0.240 e. The third kappa shape index (κ3) is 4.94. The molecule has 0 atom stereocenters. The van der Waals surface area contributed by atoms with Gasteiger partial charge in [0.05, 0.1) is 21.9 Å². The predicted molar refractivity (Wildman–Crippen MR) is 140 cm³/mol. The third-order valence-corrected chi connectivity index (χ3v) is 7.63. The van der Waals surface area contributed by atoms with E-state index >= 15 is 0 Å². The predicted octanol–water partition coefficient (Wildman–Crippen LogP) is 4.80. The molecule has 8 heteroatoms. The number of hydrogen-bond acceptors (Lipinski definition) is 5. The van der Waals surface area contributed by atoms with Gasteiger partial charge in [0.15, 0.2) is 5.88 Å². The monoisotopic (exact) mass is 488 g/mol. The molecule has 0 aliphatic heterocycles. The number of benzene rings is 3. The Balaban J connectivity index is 1.64. The lowest BCUT2D eigenvalue weighted by Crippen LogP contribution is -2.25. The van der Waals surface area contributed by atoms with Crippen molar-refractivity contribution in [1.29, 1.82) is 0 Å². The molecule has 1 aromatic heterocycles. The minimum absolute atomic E-state index is 0.0620. The molecule has 7 nitrogen and oxygen atoms in total. The molecule has 0 unspecified atom stereocenters. The van der Waals surface area contributed by atoms with Gasteiger partial charge in [-0.2, -0.15) is 0 Å². The first kappa shape index (κ1) is 23.1. The highest BCUT2D eigenvalue weighted by molar-refractivity contribution is 7.89. The summed E-state index contributed by atoms with van der Waals surface area (Å²) in [5.41, 5.74) is 4.21. The Hall–Kier alpha value is -3.62. The molecule has 0 spiro atoms. The average molecular weight is 489 g/mol. The summed E-state index contributed by atoms with van der Waals surface area (Å²) in [7, 11) is 0.283. The number of sulfonamides is 1. The molecular formula is C27H28N4O3S. The Morgan fingerprint density at radius 2 is 1.77 bits per heavy atom. The van der Waals surface area contributed by atoms with Gasteiger partial charge in [-0.1, -0.05) is 30.3 Å². The van der Waals surface area contributed by atoms with Gasteiger partial charge in [0.2, 0.25) is 10.0 Å². The van der Waals surface area contributed by atoms with Crippen LogP contribution in [0.4, 0.5) is 11.4 Å². The van der Waals surface area contributed by atoms with Gasteiger partial charge in [0, 0.05) is 42.8 Å². The molecule has 0 bridgehead atoms. The Labute approximate surface area is 205 Å². The number of aliphatic imine (C=N–C) groups is 1. The van der Waals surface area contributed by atoms with Crippen molar-refractivity contribution in [1.82, 2.24) is 9.71 Å². The van der Waals surface area contributed by atoms with E-state index in [1.54, 1.807) is 18.2 Å². The quantitative estimate of drug-likeness (QED) is 0.311. The number of anilines is 1. The number of nitrogens with one attached hydrogen (secondary N) is 2. The van der Waals surface area contributed by atoms with Crippen molar-refractivity contribution in [2.24, 2.45) is 10.9 Å². The van der Waals surface area contributed by atoms with Crippen LogP contribution in [0.15, 0.2) is 82.7 Å². The fraction of sp³-hybridized carbons (Fsp3) is 0.222. The highest BCUT2D eigenvalue weighted by atomic mass is 32.2. The van der Waals surface area contributed by atoms with Crippen LogP contribution in [0.3, 0.4) is 0 Å². The van der Waals surface area contributed by atoms with Crippen LogP contribution in [-0.2, 0) is 10.0 Å². The van der Waals surface area contributed by atoms with Gasteiger partial charge >= 0.3 is 0 Å². The number of H-pyrrole nitrogens is 1. The largest absolute Gasteiger partial charge is 0.494 e. The van der Waals surface area contributed by atoms with Crippen molar-refractivity contribution < 1.29 is 13.5 Å². The van der Waals surface area contributed by atoms with Crippen LogP contribution in [0, 0.1) is 5.92 Å². The molecule has 1 fully saturated rings. The van der Waals surface area contributed by atoms with E-state index in [-0.39, 0.29) is 10.8 Å². The second-order valence-electron chi connectivity index (χ2n) is 9.09. The number of fused-ring (bicyclic) bond motifs is 1. The molecule has 4 aromatic rings. The highest BCUT2D eigenvalue weighted by Crippen LogP contribution is 2.34. The number of nitrogens with zero attached hydrogens (tertiary/aromatic N) is 2. The zero-order valence-corrected chi connectivity index (χ0v) is 20.5. The van der Waals surface area contributed by atoms with Crippen molar-refractivity contribution in [2.75, 3.05) is 25.5 Å². The van der Waals surface area contributed by atoms with Crippen LogP contribution in [0.5, 0.6) is 5.88 Å². The van der Waals surface area contributed by atoms with E-state index in [9.17, 15) is 13.5 Å². The second-order valence-corrected chi connectivity index (χ2v) is 10.9. The first-order valence-electron chi connectivity index (χ1n) is 11.6. The first-order valence-corrected chi connectivity index (χ1v) is 13.1. The third-order valence-electron chi connectivity index (χ3n) is 6.21. The lowest BCUT2D eigenvalue weighted by molar-refractivity contribution is 0.457. The topological polar surface area (TPSA) is 97.8 Å². The highest BCUT2D eigenvalue weighted by Gasteiger charge is 2.25. The van der Waals surface area contributed by atoms with Crippen LogP contribution in [0.1, 0.15) is 24.0 Å². The SMILES string of the molecule is CN(C)c1ccc(N=C(c2ccccc2)c2c(O)[nH]c3ccc(S(=O)(=O)NCC4CC4)cc23)cc1. The molecule has 0 amide bonds. The van der Waals surface area contributed by atoms with Gasteiger partial charge in [0.25, 0.3) is 0 Å². The van der Waals surface area contributed by atoms with E-state index in [0.717, 1.165) is 29.8 Å². The van der Waals surface area contributed by atoms with E-state index in [1.165, 1.54) is 0 Å². The van der Waals surface area contributed by atoms with Crippen molar-refractivity contribution in [3.05, 3.63) is 83.9 Å². The molecule has 1 saturated carbocycles. The fourth-order valence-corrected chi connectivity index (χ4v) is 5.15. The molecule has 5 rings (SSSR count). The molecule has 35 heavy (non-hydrogen) atoms. The summed E-state index contributed by atoms with van der Waals surface area (Å²) < 4.78 is 28.6. The number of aromatic nitrogens is 1. The maximum absolute atomic E-state index is 12.9. The molecule has 0 saturated heterocycles. The van der Waals surface area contributed by atoms with Crippen LogP contribution in [0.25, 0.3) is 10.9 Å². The van der Waals surface area contributed by atoms with E-state index in [0.29, 0.717) is 34.6 Å². The summed E-state index contributed by atoms with van der Waals surface area (Å²) in [6.45, 7) is 0.450. The maximum Gasteiger partial charge on any atom is 0.240 e. The minimum Gasteiger partial charge on any atom is -0.494 e. The van der Waals surface area contributed by atoms with Gasteiger partial charge in [-0.05, 0) is 61.2 Å². The summed E-state index contributed by atoms with van der Waals surface area (Å²) in [4.78, 5) is 10.0. The van der Waals surface area contributed by atoms with Gasteiger partial charge < -0.3 is 15.0 Å². The first-order chi connectivity index (χ1) is 16.8. The van der Waals surface area contributed by atoms with Gasteiger partial charge in [-0.15, -0.1) is 0 Å². The molecular weight excluding hydrogens is 460 g/mol. The standard InChI is InChI=1S/C27H28N4O3S/c1-31(2)21-12-10-20(11-13-21)29-26(19-6-4-3-5-7-19)25-23-16-22(14-15-24(23)30-27(25)32)35(33,34)28-17-18-8-9-18/h3-7,10-16,18,28,30,32H,8-9,17H2,1-2H3. The molecule has 1 heterocycles. The van der Waals surface area contributed by atoms with Crippen LogP contribution in [-0.4, -0.2) is 44.9 Å². The Morgan fingerprint density at radius 1 is 1.06 bits per heavy atom. The Morgan fingerprint density at radius 3 is 2.43 bits per heavy atom. The molecule has 180 valence electrons. The normalized spacial score (nSPS) is 14.4. The van der Waals surface area contributed by atoms with Gasteiger partial charge in [-0.3, -0.25) is 0 Å². The van der Waals surface area contributed by atoms with Crippen molar-refractivity contribution in [2.45, 2.75) is 17.7 Å². The summed E-state index contributed by atoms with van der Waals surface area (Å²) in [5, 5.41) is 11.5. The Kier molecular flexibility index (Phi) is 6.08. The maximum atomic E-state index is 12.9. The van der Waals surface area contributed by atoms with Crippen molar-refractivity contribution >= 4 is 38.0 Å².